The van der Waals surface area contributed by atoms with Crippen molar-refractivity contribution in [1.82, 2.24) is 4.57 Å². The van der Waals surface area contributed by atoms with Crippen LogP contribution in [0.1, 0.15) is 5.56 Å². The molecule has 0 fully saturated rings. The molecule has 0 N–H and O–H groups in total. The minimum Gasteiger partial charge on any atom is -0.456 e. The zero-order valence-electron chi connectivity index (χ0n) is 33.7. The van der Waals surface area contributed by atoms with E-state index >= 15 is 0 Å². The average molecular weight is 801 g/mol. The van der Waals surface area contributed by atoms with Crippen LogP contribution in [0.4, 0.5) is 0 Å². The first kappa shape index (κ1) is 34.1. The molecule has 0 unspecified atom stereocenters. The standard InChI is InChI=1S/C59H32N2O2/c60-33-37-19-26-50-58-40(37)23-24-45-39(25-27-51(59(45)58)61(50)38-10-2-1-3-11-38)34-18-22-46-49(30-34)57(36-21-29-55-48(32-36)42-13-7-9-17-53(42)63-55)44-15-5-4-14-43(44)56(46)35-20-28-54-47(31-35)41-12-6-8-16-52(41)62-54/h1-32H. The number of nitrogens with zero attached hydrogens (tertiary/aromatic N) is 2. The van der Waals surface area contributed by atoms with Gasteiger partial charge >= 0.3 is 0 Å². The number of nitriles is 1. The molecular weight excluding hydrogens is 769 g/mol. The Balaban J connectivity index is 1.09. The third-order valence-corrected chi connectivity index (χ3v) is 13.4. The van der Waals surface area contributed by atoms with Crippen molar-refractivity contribution >= 4 is 98.0 Å². The number of hydrogen-bond acceptors (Lipinski definition) is 3. The van der Waals surface area contributed by atoms with Gasteiger partial charge in [-0.1, -0.05) is 121 Å². The van der Waals surface area contributed by atoms with Crippen molar-refractivity contribution in [2.45, 2.75) is 0 Å². The monoisotopic (exact) mass is 800 g/mol. The van der Waals surface area contributed by atoms with Gasteiger partial charge < -0.3 is 13.4 Å². The molecule has 63 heavy (non-hydrogen) atoms. The van der Waals surface area contributed by atoms with Crippen LogP contribution >= 0.6 is 0 Å². The summed E-state index contributed by atoms with van der Waals surface area (Å²) in [5.74, 6) is 0. The van der Waals surface area contributed by atoms with Crippen LogP contribution < -0.4 is 0 Å². The van der Waals surface area contributed by atoms with E-state index in [1.165, 1.54) is 32.7 Å². The lowest BCUT2D eigenvalue weighted by Crippen LogP contribution is -1.93. The Labute approximate surface area is 360 Å². The van der Waals surface area contributed by atoms with Crippen molar-refractivity contribution in [3.05, 3.63) is 200 Å². The third kappa shape index (κ3) is 4.74. The molecule has 0 aliphatic heterocycles. The number of fused-ring (bicyclic) bond motifs is 8. The van der Waals surface area contributed by atoms with Crippen molar-refractivity contribution in [2.75, 3.05) is 0 Å². The van der Waals surface area contributed by atoms with E-state index in [2.05, 4.69) is 174 Å². The van der Waals surface area contributed by atoms with Gasteiger partial charge in [-0.05, 0) is 133 Å². The van der Waals surface area contributed by atoms with Crippen LogP contribution in [0.2, 0.25) is 0 Å². The normalized spacial score (nSPS) is 12.1. The van der Waals surface area contributed by atoms with Crippen molar-refractivity contribution in [3.63, 3.8) is 0 Å². The van der Waals surface area contributed by atoms with E-state index in [0.29, 0.717) is 5.56 Å². The van der Waals surface area contributed by atoms with E-state index in [1.54, 1.807) is 0 Å². The fourth-order valence-electron chi connectivity index (χ4n) is 10.7. The topological polar surface area (TPSA) is 55.0 Å². The van der Waals surface area contributed by atoms with Gasteiger partial charge in [0.1, 0.15) is 22.3 Å². The quantitative estimate of drug-likeness (QED) is 0.132. The van der Waals surface area contributed by atoms with Crippen LogP contribution in [0.15, 0.2) is 203 Å². The molecule has 0 atom stereocenters. The van der Waals surface area contributed by atoms with Crippen LogP contribution in [0.25, 0.3) is 137 Å². The first-order chi connectivity index (χ1) is 31.2. The summed E-state index contributed by atoms with van der Waals surface area (Å²) in [6.07, 6.45) is 0. The molecule has 0 spiro atoms. The summed E-state index contributed by atoms with van der Waals surface area (Å²) < 4.78 is 15.0. The Hall–Kier alpha value is -8.65. The van der Waals surface area contributed by atoms with Crippen molar-refractivity contribution in [1.29, 1.82) is 5.26 Å². The molecule has 0 saturated carbocycles. The van der Waals surface area contributed by atoms with Gasteiger partial charge in [-0.25, -0.2) is 0 Å². The van der Waals surface area contributed by atoms with Crippen LogP contribution in [0.5, 0.6) is 0 Å². The van der Waals surface area contributed by atoms with Crippen molar-refractivity contribution < 1.29 is 8.83 Å². The zero-order valence-corrected chi connectivity index (χ0v) is 33.7. The number of aromatic nitrogens is 1. The minimum atomic E-state index is 0.681. The average Bonchev–Trinajstić information content (AvgIpc) is 4.02. The van der Waals surface area contributed by atoms with Gasteiger partial charge in [0.15, 0.2) is 0 Å². The molecule has 14 rings (SSSR count). The largest absolute Gasteiger partial charge is 0.456 e. The van der Waals surface area contributed by atoms with E-state index < -0.39 is 0 Å². The second-order valence-electron chi connectivity index (χ2n) is 16.6. The maximum absolute atomic E-state index is 10.2. The van der Waals surface area contributed by atoms with Crippen LogP contribution in [0, 0.1) is 11.3 Å². The zero-order chi connectivity index (χ0) is 41.3. The highest BCUT2D eigenvalue weighted by atomic mass is 16.3. The number of furan rings is 2. The van der Waals surface area contributed by atoms with Gasteiger partial charge in [0, 0.05) is 43.4 Å². The molecule has 290 valence electrons. The van der Waals surface area contributed by atoms with Gasteiger partial charge in [0.2, 0.25) is 0 Å². The van der Waals surface area contributed by atoms with E-state index in [4.69, 9.17) is 8.83 Å². The van der Waals surface area contributed by atoms with Gasteiger partial charge in [0.05, 0.1) is 22.7 Å². The molecular formula is C59H32N2O2. The maximum atomic E-state index is 10.2. The number of hydrogen-bond donors (Lipinski definition) is 0. The molecule has 3 heterocycles. The Kier molecular flexibility index (Phi) is 6.87. The number of para-hydroxylation sites is 3. The predicted octanol–water partition coefficient (Wildman–Crippen LogP) is 16.4. The molecule has 14 aromatic rings. The van der Waals surface area contributed by atoms with Crippen LogP contribution in [-0.4, -0.2) is 4.57 Å². The number of benzene rings is 11. The van der Waals surface area contributed by atoms with E-state index in [-0.39, 0.29) is 0 Å². The summed E-state index contributed by atoms with van der Waals surface area (Å²) in [5, 5.41) is 23.8. The van der Waals surface area contributed by atoms with E-state index in [0.717, 1.165) is 104 Å². The lowest BCUT2D eigenvalue weighted by Gasteiger charge is -2.19. The molecule has 0 amide bonds. The van der Waals surface area contributed by atoms with E-state index in [9.17, 15) is 5.26 Å². The lowest BCUT2D eigenvalue weighted by atomic mass is 9.84. The molecule has 0 aliphatic carbocycles. The third-order valence-electron chi connectivity index (χ3n) is 13.4. The molecule has 0 radical (unpaired) electrons. The SMILES string of the molecule is N#Cc1ccc2c3c1ccc1c(-c4ccc5c(-c6ccc7oc8ccccc8c7c6)c6ccccc6c(-c6ccc7oc8ccccc8c7c6)c5c4)ccc(c13)n2-c1ccccc1. The second-order valence-corrected chi connectivity index (χ2v) is 16.6. The summed E-state index contributed by atoms with van der Waals surface area (Å²) in [6, 6.07) is 71.7. The smallest absolute Gasteiger partial charge is 0.135 e. The van der Waals surface area contributed by atoms with Crippen molar-refractivity contribution in [2.24, 2.45) is 0 Å². The van der Waals surface area contributed by atoms with Gasteiger partial charge in [-0.3, -0.25) is 0 Å². The van der Waals surface area contributed by atoms with Crippen LogP contribution in [-0.2, 0) is 0 Å². The first-order valence-electron chi connectivity index (χ1n) is 21.3. The van der Waals surface area contributed by atoms with Crippen LogP contribution in [0.3, 0.4) is 0 Å². The van der Waals surface area contributed by atoms with Gasteiger partial charge in [0.25, 0.3) is 0 Å². The molecule has 0 aliphatic rings. The van der Waals surface area contributed by atoms with Crippen molar-refractivity contribution in [3.8, 4) is 45.1 Å². The summed E-state index contributed by atoms with van der Waals surface area (Å²) in [6.45, 7) is 0. The molecule has 11 aromatic carbocycles. The molecule has 4 nitrogen and oxygen atoms in total. The highest BCUT2D eigenvalue weighted by molar-refractivity contribution is 6.28. The molecule has 3 aromatic heterocycles. The Morgan fingerprint density at radius 3 is 1.48 bits per heavy atom. The molecule has 4 heteroatoms. The summed E-state index contributed by atoms with van der Waals surface area (Å²) in [7, 11) is 0. The minimum absolute atomic E-state index is 0.681. The summed E-state index contributed by atoms with van der Waals surface area (Å²) in [5.41, 5.74) is 14.4. The fraction of sp³-hybridized carbons (Fsp3) is 0. The second kappa shape index (κ2) is 12.7. The van der Waals surface area contributed by atoms with E-state index in [1.807, 2.05) is 30.3 Å². The van der Waals surface area contributed by atoms with Gasteiger partial charge in [-0.15, -0.1) is 0 Å². The summed E-state index contributed by atoms with van der Waals surface area (Å²) >= 11 is 0. The highest BCUT2D eigenvalue weighted by Crippen LogP contribution is 2.49. The summed E-state index contributed by atoms with van der Waals surface area (Å²) in [4.78, 5) is 0. The highest BCUT2D eigenvalue weighted by Gasteiger charge is 2.23. The molecule has 0 saturated heterocycles. The lowest BCUT2D eigenvalue weighted by molar-refractivity contribution is 0.668. The first-order valence-corrected chi connectivity index (χ1v) is 21.3. The fourth-order valence-corrected chi connectivity index (χ4v) is 10.7. The molecule has 0 bridgehead atoms. The maximum Gasteiger partial charge on any atom is 0.135 e. The Morgan fingerprint density at radius 1 is 0.349 bits per heavy atom. The Bertz CT molecular complexity index is 4270. The Morgan fingerprint density at radius 2 is 0.825 bits per heavy atom. The van der Waals surface area contributed by atoms with Gasteiger partial charge in [-0.2, -0.15) is 5.26 Å². The predicted molar refractivity (Wildman–Crippen MR) is 260 cm³/mol. The number of rotatable bonds is 4.